The summed E-state index contributed by atoms with van der Waals surface area (Å²) in [4.78, 5) is 13.3. The molecule has 0 saturated carbocycles. The molecule has 0 bridgehead atoms. The standard InChI is InChI=1S/C12H13N5S/c13-11(18)9-5-6-14-12(16-9)17-7-15-8-3-1-2-4-10(8)17/h5-7H,1-4H2,(H2,13,18). The van der Waals surface area contributed by atoms with Crippen LogP contribution in [-0.2, 0) is 12.8 Å². The maximum atomic E-state index is 5.59. The molecular formula is C12H13N5S. The minimum Gasteiger partial charge on any atom is -0.388 e. The zero-order valence-electron chi connectivity index (χ0n) is 9.83. The highest BCUT2D eigenvalue weighted by atomic mass is 32.1. The Morgan fingerprint density at radius 2 is 2.11 bits per heavy atom. The van der Waals surface area contributed by atoms with Gasteiger partial charge in [0.05, 0.1) is 5.69 Å². The van der Waals surface area contributed by atoms with E-state index in [4.69, 9.17) is 18.0 Å². The molecule has 0 unspecified atom stereocenters. The van der Waals surface area contributed by atoms with E-state index in [0.29, 0.717) is 11.6 Å². The Hall–Kier alpha value is -1.82. The van der Waals surface area contributed by atoms with E-state index in [1.165, 1.54) is 18.5 Å². The summed E-state index contributed by atoms with van der Waals surface area (Å²) >= 11 is 4.93. The van der Waals surface area contributed by atoms with E-state index in [9.17, 15) is 0 Å². The van der Waals surface area contributed by atoms with Gasteiger partial charge in [-0.2, -0.15) is 0 Å². The molecule has 0 saturated heterocycles. The molecule has 0 aromatic carbocycles. The summed E-state index contributed by atoms with van der Waals surface area (Å²) in [5.41, 5.74) is 8.55. The van der Waals surface area contributed by atoms with E-state index >= 15 is 0 Å². The Balaban J connectivity index is 2.07. The molecule has 1 aliphatic carbocycles. The van der Waals surface area contributed by atoms with Crippen LogP contribution in [-0.4, -0.2) is 24.5 Å². The van der Waals surface area contributed by atoms with E-state index in [2.05, 4.69) is 15.0 Å². The third-order valence-electron chi connectivity index (χ3n) is 3.14. The van der Waals surface area contributed by atoms with E-state index < -0.39 is 0 Å². The van der Waals surface area contributed by atoms with E-state index in [0.717, 1.165) is 18.5 Å². The molecule has 5 nitrogen and oxygen atoms in total. The van der Waals surface area contributed by atoms with Crippen molar-refractivity contribution in [3.63, 3.8) is 0 Å². The van der Waals surface area contributed by atoms with Crippen molar-refractivity contribution in [3.05, 3.63) is 35.7 Å². The first-order valence-corrected chi connectivity index (χ1v) is 6.35. The molecule has 0 fully saturated rings. The highest BCUT2D eigenvalue weighted by Crippen LogP contribution is 2.21. The number of imidazole rings is 1. The fraction of sp³-hybridized carbons (Fsp3) is 0.333. The van der Waals surface area contributed by atoms with E-state index in [-0.39, 0.29) is 4.99 Å². The summed E-state index contributed by atoms with van der Waals surface area (Å²) in [5.74, 6) is 0.593. The summed E-state index contributed by atoms with van der Waals surface area (Å²) in [6, 6.07) is 1.72. The monoisotopic (exact) mass is 259 g/mol. The summed E-state index contributed by atoms with van der Waals surface area (Å²) in [6.07, 6.45) is 7.92. The molecule has 92 valence electrons. The van der Waals surface area contributed by atoms with Crippen molar-refractivity contribution < 1.29 is 0 Å². The quantitative estimate of drug-likeness (QED) is 0.820. The van der Waals surface area contributed by atoms with Gasteiger partial charge in [0.2, 0.25) is 5.95 Å². The lowest BCUT2D eigenvalue weighted by Crippen LogP contribution is -2.15. The maximum absolute atomic E-state index is 5.59. The van der Waals surface area contributed by atoms with Crippen molar-refractivity contribution in [1.82, 2.24) is 19.5 Å². The van der Waals surface area contributed by atoms with E-state index in [1.54, 1.807) is 18.6 Å². The number of hydrogen-bond acceptors (Lipinski definition) is 4. The number of thiocarbonyl (C=S) groups is 1. The lowest BCUT2D eigenvalue weighted by molar-refractivity contribution is 0.651. The van der Waals surface area contributed by atoms with Crippen LogP contribution in [0, 0.1) is 0 Å². The number of hydrogen-bond donors (Lipinski definition) is 1. The summed E-state index contributed by atoms with van der Waals surface area (Å²) in [7, 11) is 0. The third-order valence-corrected chi connectivity index (χ3v) is 3.35. The Labute approximate surface area is 110 Å². The minimum atomic E-state index is 0.285. The van der Waals surface area contributed by atoms with Crippen LogP contribution in [0.25, 0.3) is 5.95 Å². The molecule has 0 atom stereocenters. The predicted octanol–water partition coefficient (Wildman–Crippen LogP) is 1.18. The van der Waals surface area contributed by atoms with Crippen LogP contribution in [0.1, 0.15) is 29.9 Å². The average Bonchev–Trinajstić information content (AvgIpc) is 2.82. The SMILES string of the molecule is NC(=S)c1ccnc(-n2cnc3c2CCCC3)n1. The predicted molar refractivity (Wildman–Crippen MR) is 71.7 cm³/mol. The van der Waals surface area contributed by atoms with Crippen LogP contribution in [0.4, 0.5) is 0 Å². The molecule has 3 rings (SSSR count). The smallest absolute Gasteiger partial charge is 0.235 e. The maximum Gasteiger partial charge on any atom is 0.235 e. The van der Waals surface area contributed by atoms with Crippen LogP contribution in [0.3, 0.4) is 0 Å². The van der Waals surface area contributed by atoms with Crippen LogP contribution >= 0.6 is 12.2 Å². The topological polar surface area (TPSA) is 69.6 Å². The van der Waals surface area contributed by atoms with Crippen molar-refractivity contribution >= 4 is 17.2 Å². The Morgan fingerprint density at radius 1 is 1.28 bits per heavy atom. The Kier molecular flexibility index (Phi) is 2.79. The molecule has 0 amide bonds. The molecule has 6 heteroatoms. The van der Waals surface area contributed by atoms with Crippen molar-refractivity contribution in [3.8, 4) is 5.95 Å². The normalized spacial score (nSPS) is 14.2. The molecule has 2 aromatic heterocycles. The van der Waals surface area contributed by atoms with Crippen LogP contribution in [0.15, 0.2) is 18.6 Å². The number of nitrogens with two attached hydrogens (primary N) is 1. The Bertz CT molecular complexity index is 604. The average molecular weight is 259 g/mol. The first-order chi connectivity index (χ1) is 8.75. The number of aryl methyl sites for hydroxylation is 1. The molecule has 2 aromatic rings. The second kappa shape index (κ2) is 4.45. The molecule has 2 heterocycles. The number of nitrogens with zero attached hydrogens (tertiary/aromatic N) is 4. The van der Waals surface area contributed by atoms with Gasteiger partial charge in [0.25, 0.3) is 0 Å². The van der Waals surface area contributed by atoms with E-state index in [1.807, 2.05) is 4.57 Å². The second-order valence-electron chi connectivity index (χ2n) is 4.32. The first-order valence-electron chi connectivity index (χ1n) is 5.94. The van der Waals surface area contributed by atoms with Gasteiger partial charge >= 0.3 is 0 Å². The van der Waals surface area contributed by atoms with Crippen molar-refractivity contribution in [2.45, 2.75) is 25.7 Å². The second-order valence-corrected chi connectivity index (χ2v) is 4.76. The number of fused-ring (bicyclic) bond motifs is 1. The molecule has 0 aliphatic heterocycles. The fourth-order valence-electron chi connectivity index (χ4n) is 2.24. The summed E-state index contributed by atoms with van der Waals surface area (Å²) in [6.45, 7) is 0. The zero-order valence-corrected chi connectivity index (χ0v) is 10.7. The van der Waals surface area contributed by atoms with Gasteiger partial charge in [0.1, 0.15) is 17.0 Å². The van der Waals surface area contributed by atoms with Gasteiger partial charge < -0.3 is 5.73 Å². The van der Waals surface area contributed by atoms with Crippen molar-refractivity contribution in [1.29, 1.82) is 0 Å². The lowest BCUT2D eigenvalue weighted by Gasteiger charge is -2.13. The highest BCUT2D eigenvalue weighted by molar-refractivity contribution is 7.80. The van der Waals surface area contributed by atoms with Gasteiger partial charge in [-0.15, -0.1) is 0 Å². The van der Waals surface area contributed by atoms with Gasteiger partial charge in [-0.3, -0.25) is 4.57 Å². The third kappa shape index (κ3) is 1.88. The van der Waals surface area contributed by atoms with Gasteiger partial charge in [-0.05, 0) is 31.7 Å². The highest BCUT2D eigenvalue weighted by Gasteiger charge is 2.17. The van der Waals surface area contributed by atoms with Crippen LogP contribution < -0.4 is 5.73 Å². The molecule has 0 spiro atoms. The molecule has 18 heavy (non-hydrogen) atoms. The van der Waals surface area contributed by atoms with Gasteiger partial charge in [-0.25, -0.2) is 15.0 Å². The first kappa shape index (κ1) is 11.3. The van der Waals surface area contributed by atoms with Crippen LogP contribution in [0.2, 0.25) is 0 Å². The van der Waals surface area contributed by atoms with Crippen molar-refractivity contribution in [2.24, 2.45) is 5.73 Å². The number of aromatic nitrogens is 4. The molecule has 1 aliphatic rings. The van der Waals surface area contributed by atoms with Crippen molar-refractivity contribution in [2.75, 3.05) is 0 Å². The van der Waals surface area contributed by atoms with Gasteiger partial charge in [-0.1, -0.05) is 12.2 Å². The Morgan fingerprint density at radius 3 is 2.94 bits per heavy atom. The minimum absolute atomic E-state index is 0.285. The zero-order chi connectivity index (χ0) is 12.5. The lowest BCUT2D eigenvalue weighted by atomic mass is 10.0. The molecular weight excluding hydrogens is 246 g/mol. The molecule has 0 radical (unpaired) electrons. The largest absolute Gasteiger partial charge is 0.388 e. The number of rotatable bonds is 2. The fourth-order valence-corrected chi connectivity index (χ4v) is 2.36. The van der Waals surface area contributed by atoms with Crippen LogP contribution in [0.5, 0.6) is 0 Å². The van der Waals surface area contributed by atoms with Gasteiger partial charge in [0.15, 0.2) is 0 Å². The summed E-state index contributed by atoms with van der Waals surface area (Å²) < 4.78 is 1.94. The molecule has 2 N–H and O–H groups in total. The summed E-state index contributed by atoms with van der Waals surface area (Å²) in [5, 5.41) is 0. The van der Waals surface area contributed by atoms with Gasteiger partial charge in [0, 0.05) is 11.9 Å².